The SMILES string of the molecule is CCN(C)CCNc1ccc(Cn2c(=O)[nH]c3c(N)nc(P(C)(C)=O)nc32)cn1. The van der Waals surface area contributed by atoms with Gasteiger partial charge >= 0.3 is 5.69 Å². The first kappa shape index (κ1) is 21.0. The highest BCUT2D eigenvalue weighted by Crippen LogP contribution is 2.33. The summed E-state index contributed by atoms with van der Waals surface area (Å²) in [6.45, 7) is 8.22. The number of aromatic nitrogens is 5. The zero-order valence-corrected chi connectivity index (χ0v) is 18.0. The van der Waals surface area contributed by atoms with Crippen LogP contribution in [0.3, 0.4) is 0 Å². The molecule has 0 saturated heterocycles. The molecular weight excluding hydrogens is 391 g/mol. The number of H-pyrrole nitrogens is 1. The standard InChI is InChI=1S/C18H27N8O2P/c1-5-25(2)9-8-20-13-7-6-12(10-21-13)11-26-16-14(22-18(26)27)15(19)23-17(24-16)29(3,4)28/h6-7,10H,5,8-9,11H2,1-4H3,(H,20,21)(H,22,27)(H2,19,23,24). The average molecular weight is 418 g/mol. The van der Waals surface area contributed by atoms with E-state index in [1.807, 2.05) is 12.1 Å². The van der Waals surface area contributed by atoms with Crippen LogP contribution >= 0.6 is 7.14 Å². The van der Waals surface area contributed by atoms with Crippen LogP contribution < -0.4 is 22.3 Å². The number of anilines is 2. The molecule has 3 aromatic rings. The number of hydrogen-bond acceptors (Lipinski definition) is 8. The summed E-state index contributed by atoms with van der Waals surface area (Å²) in [4.78, 5) is 30.2. The van der Waals surface area contributed by atoms with E-state index >= 15 is 0 Å². The van der Waals surface area contributed by atoms with Crippen LogP contribution in [0.4, 0.5) is 11.6 Å². The number of imidazole rings is 1. The van der Waals surface area contributed by atoms with Crippen molar-refractivity contribution >= 4 is 35.5 Å². The largest absolute Gasteiger partial charge is 0.382 e. The van der Waals surface area contributed by atoms with Crippen LogP contribution in [-0.4, -0.2) is 69.4 Å². The van der Waals surface area contributed by atoms with Gasteiger partial charge in [0.05, 0.1) is 6.54 Å². The van der Waals surface area contributed by atoms with Crippen molar-refractivity contribution in [1.29, 1.82) is 0 Å². The molecule has 10 nitrogen and oxygen atoms in total. The fraction of sp³-hybridized carbons (Fsp3) is 0.444. The monoisotopic (exact) mass is 418 g/mol. The van der Waals surface area contributed by atoms with E-state index in [0.29, 0.717) is 11.2 Å². The lowest BCUT2D eigenvalue weighted by Gasteiger charge is -2.14. The van der Waals surface area contributed by atoms with E-state index in [0.717, 1.165) is 31.0 Å². The number of likely N-dealkylation sites (N-methyl/N-ethyl adjacent to an activating group) is 1. The lowest BCUT2D eigenvalue weighted by Crippen LogP contribution is -2.25. The van der Waals surface area contributed by atoms with Gasteiger partial charge in [0, 0.05) is 19.3 Å². The molecule has 0 unspecified atom stereocenters. The van der Waals surface area contributed by atoms with Crippen molar-refractivity contribution in [3.05, 3.63) is 34.4 Å². The number of hydrogen-bond donors (Lipinski definition) is 3. The predicted octanol–water partition coefficient (Wildman–Crippen LogP) is 0.757. The molecular formula is C18H27N8O2P. The third kappa shape index (κ3) is 4.83. The summed E-state index contributed by atoms with van der Waals surface area (Å²) in [7, 11) is -0.661. The van der Waals surface area contributed by atoms with E-state index in [4.69, 9.17) is 5.73 Å². The quantitative estimate of drug-likeness (QED) is 0.456. The van der Waals surface area contributed by atoms with Crippen molar-refractivity contribution < 1.29 is 4.57 Å². The molecule has 0 bridgehead atoms. The highest BCUT2D eigenvalue weighted by atomic mass is 31.2. The topological polar surface area (TPSA) is 135 Å². The number of pyridine rings is 1. The van der Waals surface area contributed by atoms with E-state index in [2.05, 4.69) is 44.1 Å². The van der Waals surface area contributed by atoms with E-state index in [9.17, 15) is 9.36 Å². The lowest BCUT2D eigenvalue weighted by atomic mass is 10.3. The maximum atomic E-state index is 12.4. The molecule has 0 aliphatic rings. The van der Waals surface area contributed by atoms with Gasteiger partial charge in [0.2, 0.25) is 0 Å². The van der Waals surface area contributed by atoms with Gasteiger partial charge in [0.25, 0.3) is 0 Å². The van der Waals surface area contributed by atoms with Gasteiger partial charge in [-0.25, -0.2) is 19.7 Å². The summed E-state index contributed by atoms with van der Waals surface area (Å²) >= 11 is 0. The second kappa shape index (κ2) is 8.34. The van der Waals surface area contributed by atoms with Gasteiger partial charge in [0.1, 0.15) is 18.5 Å². The molecule has 156 valence electrons. The summed E-state index contributed by atoms with van der Waals surface area (Å²) in [5.41, 5.74) is 7.27. The van der Waals surface area contributed by atoms with Crippen LogP contribution in [0, 0.1) is 0 Å². The van der Waals surface area contributed by atoms with Gasteiger partial charge in [-0.3, -0.25) is 4.57 Å². The van der Waals surface area contributed by atoms with Crippen LogP contribution in [0.1, 0.15) is 12.5 Å². The van der Waals surface area contributed by atoms with Gasteiger partial charge in [-0.1, -0.05) is 13.0 Å². The van der Waals surface area contributed by atoms with Crippen molar-refractivity contribution in [2.75, 3.05) is 51.1 Å². The van der Waals surface area contributed by atoms with Gasteiger partial charge in [-0.2, -0.15) is 0 Å². The van der Waals surface area contributed by atoms with E-state index in [1.54, 1.807) is 19.5 Å². The Bertz CT molecular complexity index is 1100. The van der Waals surface area contributed by atoms with Gasteiger partial charge < -0.3 is 25.5 Å². The molecule has 3 rings (SSSR count). The zero-order chi connectivity index (χ0) is 21.2. The molecule has 0 saturated carbocycles. The maximum Gasteiger partial charge on any atom is 0.328 e. The van der Waals surface area contributed by atoms with Crippen LogP contribution in [0.15, 0.2) is 23.1 Å². The molecule has 0 radical (unpaired) electrons. The van der Waals surface area contributed by atoms with Gasteiger partial charge in [-0.05, 0) is 38.6 Å². The molecule has 11 heteroatoms. The van der Waals surface area contributed by atoms with E-state index in [1.165, 1.54) is 4.57 Å². The van der Waals surface area contributed by atoms with Crippen molar-refractivity contribution in [2.45, 2.75) is 13.5 Å². The Morgan fingerprint density at radius 2 is 2.07 bits per heavy atom. The highest BCUT2D eigenvalue weighted by Gasteiger charge is 2.20. The molecule has 4 N–H and O–H groups in total. The highest BCUT2D eigenvalue weighted by molar-refractivity contribution is 7.69. The first-order valence-corrected chi connectivity index (χ1v) is 12.0. The van der Waals surface area contributed by atoms with E-state index in [-0.39, 0.29) is 23.6 Å². The molecule has 0 atom stereocenters. The lowest BCUT2D eigenvalue weighted by molar-refractivity contribution is 0.367. The van der Waals surface area contributed by atoms with Crippen LogP contribution in [0.25, 0.3) is 11.2 Å². The minimum absolute atomic E-state index is 0.111. The number of fused-ring (bicyclic) bond motifs is 1. The Morgan fingerprint density at radius 3 is 2.69 bits per heavy atom. The minimum Gasteiger partial charge on any atom is -0.382 e. The first-order valence-electron chi connectivity index (χ1n) is 9.38. The molecule has 29 heavy (non-hydrogen) atoms. The number of nitrogen functional groups attached to an aromatic ring is 1. The first-order chi connectivity index (χ1) is 13.7. The normalized spacial score (nSPS) is 12.0. The van der Waals surface area contributed by atoms with Gasteiger partial charge in [-0.15, -0.1) is 0 Å². The van der Waals surface area contributed by atoms with Crippen LogP contribution in [0.2, 0.25) is 0 Å². The Balaban J connectivity index is 1.83. The fourth-order valence-corrected chi connectivity index (χ4v) is 3.45. The number of rotatable bonds is 8. The minimum atomic E-state index is -2.72. The molecule has 0 aliphatic heterocycles. The van der Waals surface area contributed by atoms with Gasteiger partial charge in [0.15, 0.2) is 17.0 Å². The Kier molecular flexibility index (Phi) is 6.04. The number of aromatic amines is 1. The average Bonchev–Trinajstić information content (AvgIpc) is 2.98. The molecule has 0 aliphatic carbocycles. The molecule has 3 aromatic heterocycles. The summed E-state index contributed by atoms with van der Waals surface area (Å²) in [6, 6.07) is 3.78. The maximum absolute atomic E-state index is 12.4. The third-order valence-corrected chi connectivity index (χ3v) is 5.79. The molecule has 3 heterocycles. The molecule has 0 aromatic carbocycles. The molecule has 0 amide bonds. The van der Waals surface area contributed by atoms with Crippen molar-refractivity contribution in [1.82, 2.24) is 29.4 Å². The zero-order valence-electron chi connectivity index (χ0n) is 17.1. The number of nitrogens with one attached hydrogen (secondary N) is 2. The van der Waals surface area contributed by atoms with Crippen LogP contribution in [-0.2, 0) is 11.1 Å². The second-order valence-electron chi connectivity index (χ2n) is 7.35. The summed E-state index contributed by atoms with van der Waals surface area (Å²) in [5, 5.41) is 3.27. The van der Waals surface area contributed by atoms with Crippen LogP contribution in [0.5, 0.6) is 0 Å². The summed E-state index contributed by atoms with van der Waals surface area (Å²) < 4.78 is 13.8. The molecule has 0 fully saturated rings. The Morgan fingerprint density at radius 1 is 1.31 bits per heavy atom. The van der Waals surface area contributed by atoms with E-state index < -0.39 is 7.14 Å². The number of nitrogens with zero attached hydrogens (tertiary/aromatic N) is 5. The summed E-state index contributed by atoms with van der Waals surface area (Å²) in [6.07, 6.45) is 1.72. The van der Waals surface area contributed by atoms with Crippen molar-refractivity contribution in [3.63, 3.8) is 0 Å². The fourth-order valence-electron chi connectivity index (χ4n) is 2.77. The third-order valence-electron chi connectivity index (χ3n) is 4.63. The number of nitrogens with two attached hydrogens (primary N) is 1. The Labute approximate surface area is 168 Å². The van der Waals surface area contributed by atoms with Crippen molar-refractivity contribution in [3.8, 4) is 0 Å². The smallest absolute Gasteiger partial charge is 0.328 e. The second-order valence-corrected chi connectivity index (χ2v) is 10.5. The Hall–Kier alpha value is -2.71. The predicted molar refractivity (Wildman–Crippen MR) is 117 cm³/mol. The van der Waals surface area contributed by atoms with Crippen molar-refractivity contribution in [2.24, 2.45) is 0 Å². The molecule has 0 spiro atoms. The summed E-state index contributed by atoms with van der Waals surface area (Å²) in [5.74, 6) is 0.885.